The lowest BCUT2D eigenvalue weighted by Gasteiger charge is -2.46. The summed E-state index contributed by atoms with van der Waals surface area (Å²) >= 11 is 1.84. The normalized spacial score (nSPS) is 22.8. The lowest BCUT2D eigenvalue weighted by molar-refractivity contribution is 0.0396. The number of benzene rings is 1. The molecular weight excluding hydrogens is 356 g/mol. The van der Waals surface area contributed by atoms with Gasteiger partial charge in [-0.15, -0.1) is 11.8 Å². The molecule has 0 radical (unpaired) electrons. The van der Waals surface area contributed by atoms with E-state index >= 15 is 0 Å². The molecule has 5 nitrogen and oxygen atoms in total. The van der Waals surface area contributed by atoms with Crippen molar-refractivity contribution in [1.29, 1.82) is 0 Å². The summed E-state index contributed by atoms with van der Waals surface area (Å²) in [5.74, 6) is 0.916. The van der Waals surface area contributed by atoms with E-state index in [0.29, 0.717) is 24.6 Å². The van der Waals surface area contributed by atoms with Gasteiger partial charge in [-0.05, 0) is 30.2 Å². The van der Waals surface area contributed by atoms with E-state index < -0.39 is 10.0 Å². The Hall–Kier alpha value is -1.41. The summed E-state index contributed by atoms with van der Waals surface area (Å²) in [5, 5.41) is 0. The smallest absolute Gasteiger partial charge is 0.243 e. The average molecular weight is 377 g/mol. The predicted molar refractivity (Wildman–Crippen MR) is 97.8 cm³/mol. The molecule has 0 amide bonds. The fourth-order valence-electron chi connectivity index (χ4n) is 3.34. The first-order chi connectivity index (χ1) is 12.1. The van der Waals surface area contributed by atoms with Crippen molar-refractivity contribution in [2.24, 2.45) is 0 Å². The minimum Gasteiger partial charge on any atom is -0.373 e. The second-order valence-corrected chi connectivity index (χ2v) is 10.0. The fraction of sp³-hybridized carbons (Fsp3) is 0.389. The first-order valence-electron chi connectivity index (χ1n) is 8.27. The minimum atomic E-state index is -3.37. The topological polar surface area (TPSA) is 59.5 Å². The van der Waals surface area contributed by atoms with Gasteiger partial charge in [-0.1, -0.05) is 24.3 Å². The third-order valence-electron chi connectivity index (χ3n) is 4.69. The standard InChI is InChI=1S/C18H20N2O3S2/c21-25(22,17-6-2-1-3-7-17)20-13-18(14-20)9-16(12-24-18)23-11-15-5-4-8-19-10-15/h1-8,10,16H,9,11-14H2/t16-/m0/s1. The third kappa shape index (κ3) is 3.46. The first kappa shape index (κ1) is 17.0. The second kappa shape index (κ2) is 6.72. The number of thioether (sulfide) groups is 1. The van der Waals surface area contributed by atoms with Crippen molar-refractivity contribution in [3.05, 3.63) is 60.4 Å². The van der Waals surface area contributed by atoms with Gasteiger partial charge in [0, 0.05) is 36.0 Å². The third-order valence-corrected chi connectivity index (χ3v) is 8.08. The molecule has 1 aromatic carbocycles. The molecule has 2 aliphatic rings. The maximum atomic E-state index is 12.6. The Morgan fingerprint density at radius 3 is 2.72 bits per heavy atom. The molecule has 2 aliphatic heterocycles. The largest absolute Gasteiger partial charge is 0.373 e. The molecule has 2 fully saturated rings. The number of aromatic nitrogens is 1. The Labute approximate surface area is 152 Å². The first-order valence-corrected chi connectivity index (χ1v) is 10.7. The van der Waals surface area contributed by atoms with Crippen molar-refractivity contribution in [3.8, 4) is 0 Å². The van der Waals surface area contributed by atoms with E-state index in [1.807, 2.05) is 36.2 Å². The summed E-state index contributed by atoms with van der Waals surface area (Å²) in [5.41, 5.74) is 1.07. The zero-order valence-electron chi connectivity index (χ0n) is 13.7. The molecular formula is C18H20N2O3S2. The average Bonchev–Trinajstić information content (AvgIpc) is 3.05. The zero-order valence-corrected chi connectivity index (χ0v) is 15.4. The number of hydrogen-bond donors (Lipinski definition) is 0. The van der Waals surface area contributed by atoms with Crippen LogP contribution in [0, 0.1) is 0 Å². The SMILES string of the molecule is O=S(=O)(c1ccccc1)N1CC2(C[C@H](OCc3cccnc3)CS2)C1. The summed E-state index contributed by atoms with van der Waals surface area (Å²) in [7, 11) is -3.37. The van der Waals surface area contributed by atoms with Crippen LogP contribution in [0.25, 0.3) is 0 Å². The number of rotatable bonds is 5. The van der Waals surface area contributed by atoms with Crippen LogP contribution in [0.4, 0.5) is 0 Å². The van der Waals surface area contributed by atoms with Crippen LogP contribution >= 0.6 is 11.8 Å². The molecule has 0 bridgehead atoms. The number of sulfonamides is 1. The number of hydrogen-bond acceptors (Lipinski definition) is 5. The number of nitrogens with zero attached hydrogens (tertiary/aromatic N) is 2. The fourth-order valence-corrected chi connectivity index (χ4v) is 6.68. The van der Waals surface area contributed by atoms with Crippen molar-refractivity contribution in [2.45, 2.75) is 28.8 Å². The van der Waals surface area contributed by atoms with Gasteiger partial charge in [0.15, 0.2) is 0 Å². The molecule has 3 heterocycles. The van der Waals surface area contributed by atoms with Crippen molar-refractivity contribution in [1.82, 2.24) is 9.29 Å². The van der Waals surface area contributed by atoms with E-state index in [4.69, 9.17) is 4.74 Å². The Kier molecular flexibility index (Phi) is 4.58. The van der Waals surface area contributed by atoms with E-state index in [0.717, 1.165) is 17.7 Å². The Morgan fingerprint density at radius 2 is 2.00 bits per heavy atom. The van der Waals surface area contributed by atoms with Crippen molar-refractivity contribution < 1.29 is 13.2 Å². The molecule has 0 unspecified atom stereocenters. The van der Waals surface area contributed by atoms with Crippen LogP contribution < -0.4 is 0 Å². The maximum absolute atomic E-state index is 12.6. The summed E-state index contributed by atoms with van der Waals surface area (Å²) in [6, 6.07) is 12.6. The Bertz CT molecular complexity index is 822. The molecule has 7 heteroatoms. The van der Waals surface area contributed by atoms with Gasteiger partial charge in [0.25, 0.3) is 0 Å². The zero-order chi connectivity index (χ0) is 17.3. The number of pyridine rings is 1. The van der Waals surface area contributed by atoms with Crippen molar-refractivity contribution >= 4 is 21.8 Å². The van der Waals surface area contributed by atoms with Gasteiger partial charge in [0.05, 0.1) is 17.6 Å². The van der Waals surface area contributed by atoms with Crippen molar-refractivity contribution in [3.63, 3.8) is 0 Å². The summed E-state index contributed by atoms with van der Waals surface area (Å²) in [6.07, 6.45) is 4.64. The van der Waals surface area contributed by atoms with Crippen LogP contribution in [0.2, 0.25) is 0 Å². The van der Waals surface area contributed by atoms with Gasteiger partial charge in [-0.25, -0.2) is 8.42 Å². The van der Waals surface area contributed by atoms with Gasteiger partial charge < -0.3 is 4.74 Å². The number of ether oxygens (including phenoxy) is 1. The molecule has 0 saturated carbocycles. The second-order valence-electron chi connectivity index (χ2n) is 6.58. The predicted octanol–water partition coefficient (Wildman–Crippen LogP) is 2.55. The highest BCUT2D eigenvalue weighted by Crippen LogP contribution is 2.47. The highest BCUT2D eigenvalue weighted by molar-refractivity contribution is 8.01. The lowest BCUT2D eigenvalue weighted by atomic mass is 9.95. The van der Waals surface area contributed by atoms with E-state index in [-0.39, 0.29) is 10.9 Å². The maximum Gasteiger partial charge on any atom is 0.243 e. The molecule has 2 saturated heterocycles. The molecule has 132 valence electrons. The summed E-state index contributed by atoms with van der Waals surface area (Å²) < 4.78 is 32.8. The van der Waals surface area contributed by atoms with Crippen molar-refractivity contribution in [2.75, 3.05) is 18.8 Å². The highest BCUT2D eigenvalue weighted by Gasteiger charge is 2.53. The van der Waals surface area contributed by atoms with Crippen LogP contribution in [-0.4, -0.2) is 47.4 Å². The van der Waals surface area contributed by atoms with Crippen LogP contribution in [0.3, 0.4) is 0 Å². The van der Waals surface area contributed by atoms with E-state index in [2.05, 4.69) is 4.98 Å². The summed E-state index contributed by atoms with van der Waals surface area (Å²) in [4.78, 5) is 4.47. The quantitative estimate of drug-likeness (QED) is 0.803. The molecule has 1 atom stereocenters. The lowest BCUT2D eigenvalue weighted by Crippen LogP contribution is -2.60. The molecule has 1 spiro atoms. The van der Waals surface area contributed by atoms with Crippen LogP contribution in [0.15, 0.2) is 59.8 Å². The molecule has 2 aromatic rings. The molecule has 1 aromatic heterocycles. The highest BCUT2D eigenvalue weighted by atomic mass is 32.2. The van der Waals surface area contributed by atoms with E-state index in [9.17, 15) is 8.42 Å². The Morgan fingerprint density at radius 1 is 1.20 bits per heavy atom. The van der Waals surface area contributed by atoms with Gasteiger partial charge >= 0.3 is 0 Å². The van der Waals surface area contributed by atoms with Crippen LogP contribution in [0.5, 0.6) is 0 Å². The van der Waals surface area contributed by atoms with Gasteiger partial charge in [-0.2, -0.15) is 4.31 Å². The van der Waals surface area contributed by atoms with Crippen LogP contribution in [-0.2, 0) is 21.4 Å². The monoisotopic (exact) mass is 376 g/mol. The molecule has 25 heavy (non-hydrogen) atoms. The molecule has 0 aliphatic carbocycles. The Balaban J connectivity index is 1.33. The van der Waals surface area contributed by atoms with Gasteiger partial charge in [0.1, 0.15) is 0 Å². The molecule has 0 N–H and O–H groups in total. The molecule has 4 rings (SSSR count). The van der Waals surface area contributed by atoms with E-state index in [1.54, 1.807) is 34.8 Å². The summed E-state index contributed by atoms with van der Waals surface area (Å²) in [6.45, 7) is 1.70. The van der Waals surface area contributed by atoms with Gasteiger partial charge in [-0.3, -0.25) is 4.98 Å². The van der Waals surface area contributed by atoms with E-state index in [1.165, 1.54) is 0 Å². The van der Waals surface area contributed by atoms with Gasteiger partial charge in [0.2, 0.25) is 10.0 Å². The van der Waals surface area contributed by atoms with Crippen LogP contribution in [0.1, 0.15) is 12.0 Å². The minimum absolute atomic E-state index is 0.0153.